The third-order valence-corrected chi connectivity index (χ3v) is 5.36. The quantitative estimate of drug-likeness (QED) is 0.792. The van der Waals surface area contributed by atoms with Gasteiger partial charge in [-0.05, 0) is 43.2 Å². The van der Waals surface area contributed by atoms with Gasteiger partial charge in [-0.2, -0.15) is 0 Å². The second-order valence-corrected chi connectivity index (χ2v) is 7.92. The Labute approximate surface area is 154 Å². The van der Waals surface area contributed by atoms with Gasteiger partial charge in [0.1, 0.15) is 24.0 Å². The first kappa shape index (κ1) is 18.9. The summed E-state index contributed by atoms with van der Waals surface area (Å²) >= 11 is 5.93. The summed E-state index contributed by atoms with van der Waals surface area (Å²) in [5.74, 6) is -1.75. The molecule has 0 aliphatic carbocycles. The fraction of sp³-hybridized carbons (Fsp3) is 0.294. The minimum Gasteiger partial charge on any atom is -0.489 e. The van der Waals surface area contributed by atoms with Crippen LogP contribution in [0.2, 0.25) is 5.02 Å². The first-order valence-corrected chi connectivity index (χ1v) is 9.72. The Morgan fingerprint density at radius 2 is 1.92 bits per heavy atom. The maximum atomic E-state index is 13.3. The smallest absolute Gasteiger partial charge is 0.262 e. The van der Waals surface area contributed by atoms with E-state index in [4.69, 9.17) is 21.1 Å². The Bertz CT molecular complexity index is 881. The van der Waals surface area contributed by atoms with E-state index in [2.05, 4.69) is 4.72 Å². The molecule has 0 amide bonds. The zero-order chi connectivity index (χ0) is 18.7. The van der Waals surface area contributed by atoms with Crippen molar-refractivity contribution in [2.45, 2.75) is 23.8 Å². The Morgan fingerprint density at radius 1 is 1.19 bits per heavy atom. The summed E-state index contributed by atoms with van der Waals surface area (Å²) in [5, 5.41) is 0.276. The van der Waals surface area contributed by atoms with Gasteiger partial charge in [-0.25, -0.2) is 17.2 Å². The Balaban J connectivity index is 1.84. The van der Waals surface area contributed by atoms with E-state index in [0.717, 1.165) is 25.0 Å². The van der Waals surface area contributed by atoms with Crippen molar-refractivity contribution in [3.63, 3.8) is 0 Å². The molecule has 140 valence electrons. The molecule has 9 heteroatoms. The lowest BCUT2D eigenvalue weighted by Crippen LogP contribution is -2.18. The van der Waals surface area contributed by atoms with Gasteiger partial charge in [0, 0.05) is 17.7 Å². The van der Waals surface area contributed by atoms with Crippen molar-refractivity contribution in [1.29, 1.82) is 0 Å². The van der Waals surface area contributed by atoms with Crippen molar-refractivity contribution >= 4 is 27.3 Å². The third-order valence-electron chi connectivity index (χ3n) is 3.78. The van der Waals surface area contributed by atoms with E-state index < -0.39 is 26.6 Å². The lowest BCUT2D eigenvalue weighted by Gasteiger charge is -2.16. The standard InChI is InChI=1S/C17H16ClF2NO4S/c18-11-3-4-17(25-10-14-2-1-5-24-14)16(6-11)21-26(22,23)15-8-12(19)7-13(20)9-15/h3-4,6-9,14,21H,1-2,5,10H2. The minimum atomic E-state index is -4.23. The van der Waals surface area contributed by atoms with Gasteiger partial charge in [-0.15, -0.1) is 0 Å². The van der Waals surface area contributed by atoms with Crippen LogP contribution >= 0.6 is 11.6 Å². The first-order valence-electron chi connectivity index (χ1n) is 7.86. The molecule has 3 rings (SSSR count). The Kier molecular flexibility index (Phi) is 5.64. The average Bonchev–Trinajstić information content (AvgIpc) is 3.06. The summed E-state index contributed by atoms with van der Waals surface area (Å²) in [7, 11) is -4.23. The van der Waals surface area contributed by atoms with Gasteiger partial charge in [0.05, 0.1) is 16.7 Å². The van der Waals surface area contributed by atoms with Crippen LogP contribution < -0.4 is 9.46 Å². The lowest BCUT2D eigenvalue weighted by atomic mass is 10.2. The zero-order valence-electron chi connectivity index (χ0n) is 13.5. The van der Waals surface area contributed by atoms with Gasteiger partial charge in [0.15, 0.2) is 0 Å². The number of rotatable bonds is 6. The van der Waals surface area contributed by atoms with Gasteiger partial charge in [0.2, 0.25) is 0 Å². The van der Waals surface area contributed by atoms with Crippen molar-refractivity contribution in [1.82, 2.24) is 0 Å². The highest BCUT2D eigenvalue weighted by atomic mass is 35.5. The highest BCUT2D eigenvalue weighted by Crippen LogP contribution is 2.31. The number of nitrogens with one attached hydrogen (secondary N) is 1. The van der Waals surface area contributed by atoms with Crippen molar-refractivity contribution in [2.75, 3.05) is 17.9 Å². The van der Waals surface area contributed by atoms with E-state index in [1.165, 1.54) is 12.1 Å². The maximum absolute atomic E-state index is 13.3. The molecular formula is C17H16ClF2NO4S. The third kappa shape index (κ3) is 4.63. The van der Waals surface area contributed by atoms with Crippen LogP contribution in [0.1, 0.15) is 12.8 Å². The van der Waals surface area contributed by atoms with Crippen molar-refractivity contribution in [2.24, 2.45) is 0 Å². The van der Waals surface area contributed by atoms with Crippen LogP contribution in [0.3, 0.4) is 0 Å². The van der Waals surface area contributed by atoms with Gasteiger partial charge in [0.25, 0.3) is 10.0 Å². The van der Waals surface area contributed by atoms with Crippen LogP contribution in [0, 0.1) is 11.6 Å². The number of sulfonamides is 1. The molecule has 26 heavy (non-hydrogen) atoms. The molecule has 1 aliphatic heterocycles. The number of benzene rings is 2. The number of ether oxygens (including phenoxy) is 2. The van der Waals surface area contributed by atoms with Gasteiger partial charge < -0.3 is 9.47 Å². The van der Waals surface area contributed by atoms with Crippen LogP contribution in [-0.4, -0.2) is 27.7 Å². The second kappa shape index (κ2) is 7.77. The zero-order valence-corrected chi connectivity index (χ0v) is 15.1. The summed E-state index contributed by atoms with van der Waals surface area (Å²) in [6.07, 6.45) is 1.74. The van der Waals surface area contributed by atoms with Crippen LogP contribution in [0.4, 0.5) is 14.5 Å². The van der Waals surface area contributed by atoms with Crippen molar-refractivity contribution < 1.29 is 26.7 Å². The Hall–Kier alpha value is -1.90. The molecule has 2 aromatic carbocycles. The highest BCUT2D eigenvalue weighted by molar-refractivity contribution is 7.92. The molecule has 0 saturated carbocycles. The Morgan fingerprint density at radius 3 is 2.58 bits per heavy atom. The molecule has 2 aromatic rings. The summed E-state index contributed by atoms with van der Waals surface area (Å²) in [6, 6.07) is 6.47. The van der Waals surface area contributed by atoms with Gasteiger partial charge in [-0.1, -0.05) is 11.6 Å². The molecule has 1 fully saturated rings. The van der Waals surface area contributed by atoms with Crippen LogP contribution in [-0.2, 0) is 14.8 Å². The molecule has 1 heterocycles. The summed E-state index contributed by atoms with van der Waals surface area (Å²) in [5.41, 5.74) is 0.0696. The molecule has 1 N–H and O–H groups in total. The first-order chi connectivity index (χ1) is 12.3. The van der Waals surface area contributed by atoms with Gasteiger partial charge in [-0.3, -0.25) is 4.72 Å². The fourth-order valence-corrected chi connectivity index (χ4v) is 3.83. The van der Waals surface area contributed by atoms with Crippen molar-refractivity contribution in [3.8, 4) is 5.75 Å². The number of anilines is 1. The lowest BCUT2D eigenvalue weighted by molar-refractivity contribution is 0.0682. The summed E-state index contributed by atoms with van der Waals surface area (Å²) < 4.78 is 65.0. The molecule has 0 aromatic heterocycles. The average molecular weight is 404 g/mol. The van der Waals surface area contributed by atoms with Crippen LogP contribution in [0.5, 0.6) is 5.75 Å². The maximum Gasteiger partial charge on any atom is 0.262 e. The van der Waals surface area contributed by atoms with E-state index in [1.54, 1.807) is 6.07 Å². The molecule has 0 bridgehead atoms. The SMILES string of the molecule is O=S(=O)(Nc1cc(Cl)ccc1OCC1CCCO1)c1cc(F)cc(F)c1. The van der Waals surface area contributed by atoms with E-state index >= 15 is 0 Å². The highest BCUT2D eigenvalue weighted by Gasteiger charge is 2.21. The molecule has 1 aliphatic rings. The minimum absolute atomic E-state index is 0.0625. The molecule has 1 unspecified atom stereocenters. The van der Waals surface area contributed by atoms with Crippen LogP contribution in [0.15, 0.2) is 41.3 Å². The molecule has 5 nitrogen and oxygen atoms in total. The molecular weight excluding hydrogens is 388 g/mol. The topological polar surface area (TPSA) is 64.6 Å². The molecule has 0 spiro atoms. The largest absolute Gasteiger partial charge is 0.489 e. The predicted octanol–water partition coefficient (Wildman–Crippen LogP) is 3.98. The summed E-state index contributed by atoms with van der Waals surface area (Å²) in [6.45, 7) is 0.921. The van der Waals surface area contributed by atoms with E-state index in [1.807, 2.05) is 0 Å². The second-order valence-electron chi connectivity index (χ2n) is 5.80. The van der Waals surface area contributed by atoms with Crippen molar-refractivity contribution in [3.05, 3.63) is 53.1 Å². The monoisotopic (exact) mass is 403 g/mol. The van der Waals surface area contributed by atoms with Gasteiger partial charge >= 0.3 is 0 Å². The molecule has 0 radical (unpaired) electrons. The number of hydrogen-bond acceptors (Lipinski definition) is 4. The normalized spacial score (nSPS) is 17.3. The molecule has 1 atom stereocenters. The fourth-order valence-electron chi connectivity index (χ4n) is 2.55. The predicted molar refractivity (Wildman–Crippen MR) is 93.1 cm³/mol. The van der Waals surface area contributed by atoms with E-state index in [9.17, 15) is 17.2 Å². The van der Waals surface area contributed by atoms with E-state index in [0.29, 0.717) is 12.7 Å². The summed E-state index contributed by atoms with van der Waals surface area (Å²) in [4.78, 5) is -0.542. The number of halogens is 3. The number of hydrogen-bond donors (Lipinski definition) is 1. The van der Waals surface area contributed by atoms with Crippen LogP contribution in [0.25, 0.3) is 0 Å². The molecule has 1 saturated heterocycles. The van der Waals surface area contributed by atoms with E-state index in [-0.39, 0.29) is 29.2 Å².